The van der Waals surface area contributed by atoms with Crippen molar-refractivity contribution in [3.63, 3.8) is 0 Å². The topological polar surface area (TPSA) is 63.2 Å². The number of aromatic nitrogens is 1. The van der Waals surface area contributed by atoms with Crippen molar-refractivity contribution in [2.75, 3.05) is 25.1 Å². The Hall–Kier alpha value is -1.18. The zero-order chi connectivity index (χ0) is 14.7. The number of amides is 1. The lowest BCUT2D eigenvalue weighted by Crippen LogP contribution is -2.48. The molecular weight excluding hydrogens is 345 g/mol. The molecule has 0 spiro atoms. The van der Waals surface area contributed by atoms with Gasteiger partial charge in [0.05, 0.1) is 18.9 Å². The lowest BCUT2D eigenvalue weighted by atomic mass is 10.2. The van der Waals surface area contributed by atoms with E-state index in [-0.39, 0.29) is 24.4 Å². The van der Waals surface area contributed by atoms with Crippen LogP contribution in [0.15, 0.2) is 29.6 Å². The first-order valence-electron chi connectivity index (χ1n) is 6.56. The highest BCUT2D eigenvalue weighted by atomic mass is 35.5. The Balaban J connectivity index is 0.00000176. The van der Waals surface area contributed by atoms with Crippen LogP contribution in [0.3, 0.4) is 0 Å². The average molecular weight is 360 g/mol. The van der Waals surface area contributed by atoms with E-state index in [1.807, 2.05) is 29.6 Å². The maximum Gasteiger partial charge on any atom is 0.245 e. The molecule has 2 N–H and O–H groups in total. The third kappa shape index (κ3) is 3.97. The van der Waals surface area contributed by atoms with Crippen molar-refractivity contribution in [1.29, 1.82) is 0 Å². The van der Waals surface area contributed by atoms with Crippen LogP contribution in [-0.2, 0) is 9.53 Å². The highest BCUT2D eigenvalue weighted by Crippen LogP contribution is 2.30. The minimum absolute atomic E-state index is 0. The largest absolute Gasteiger partial charge is 0.378 e. The van der Waals surface area contributed by atoms with Crippen molar-refractivity contribution in [3.8, 4) is 11.3 Å². The SMILES string of the molecule is Cl.O=C(Nc1nc(-c2ccccc2Cl)cs1)C1COCCN1. The number of morpholine rings is 1. The molecule has 5 nitrogen and oxygen atoms in total. The van der Waals surface area contributed by atoms with E-state index in [1.165, 1.54) is 11.3 Å². The van der Waals surface area contributed by atoms with E-state index in [0.29, 0.717) is 29.9 Å². The highest BCUT2D eigenvalue weighted by Gasteiger charge is 2.22. The molecule has 1 aromatic carbocycles. The number of halogens is 2. The number of carbonyl (C=O) groups excluding carboxylic acids is 1. The number of rotatable bonds is 3. The van der Waals surface area contributed by atoms with Crippen LogP contribution in [0.5, 0.6) is 0 Å². The number of benzene rings is 1. The molecule has 0 saturated carbocycles. The van der Waals surface area contributed by atoms with Crippen LogP contribution >= 0.6 is 35.3 Å². The molecule has 1 unspecified atom stereocenters. The van der Waals surface area contributed by atoms with Crippen molar-refractivity contribution >= 4 is 46.4 Å². The monoisotopic (exact) mass is 359 g/mol. The summed E-state index contributed by atoms with van der Waals surface area (Å²) in [5.74, 6) is -0.130. The van der Waals surface area contributed by atoms with Crippen LogP contribution in [0.25, 0.3) is 11.3 Å². The number of ether oxygens (including phenoxy) is 1. The highest BCUT2D eigenvalue weighted by molar-refractivity contribution is 7.14. The first-order chi connectivity index (χ1) is 10.2. The van der Waals surface area contributed by atoms with Gasteiger partial charge in [0.15, 0.2) is 5.13 Å². The summed E-state index contributed by atoms with van der Waals surface area (Å²) in [7, 11) is 0. The van der Waals surface area contributed by atoms with Crippen LogP contribution in [0.2, 0.25) is 5.02 Å². The predicted molar refractivity (Wildman–Crippen MR) is 91.0 cm³/mol. The van der Waals surface area contributed by atoms with E-state index in [4.69, 9.17) is 16.3 Å². The molecule has 1 saturated heterocycles. The fourth-order valence-electron chi connectivity index (χ4n) is 2.05. The summed E-state index contributed by atoms with van der Waals surface area (Å²) in [5, 5.41) is 8.99. The maximum atomic E-state index is 12.1. The van der Waals surface area contributed by atoms with Gasteiger partial charge in [-0.3, -0.25) is 4.79 Å². The second kappa shape index (κ2) is 7.89. The lowest BCUT2D eigenvalue weighted by molar-refractivity contribution is -0.120. The van der Waals surface area contributed by atoms with Gasteiger partial charge in [-0.15, -0.1) is 23.7 Å². The lowest BCUT2D eigenvalue weighted by Gasteiger charge is -2.22. The molecule has 1 amide bonds. The quantitative estimate of drug-likeness (QED) is 0.884. The number of thiazole rings is 1. The number of hydrogen-bond donors (Lipinski definition) is 2. The number of hydrogen-bond acceptors (Lipinski definition) is 5. The van der Waals surface area contributed by atoms with E-state index < -0.39 is 0 Å². The first kappa shape index (κ1) is 17.2. The van der Waals surface area contributed by atoms with Crippen molar-refractivity contribution in [3.05, 3.63) is 34.7 Å². The van der Waals surface area contributed by atoms with Crippen LogP contribution in [0, 0.1) is 0 Å². The second-order valence-corrected chi connectivity index (χ2v) is 5.85. The zero-order valence-corrected chi connectivity index (χ0v) is 13.9. The number of nitrogens with zero attached hydrogens (tertiary/aromatic N) is 1. The van der Waals surface area contributed by atoms with Crippen molar-refractivity contribution < 1.29 is 9.53 Å². The normalized spacial score (nSPS) is 17.6. The number of carbonyl (C=O) groups is 1. The molecule has 1 aromatic heterocycles. The van der Waals surface area contributed by atoms with Gasteiger partial charge < -0.3 is 15.4 Å². The van der Waals surface area contributed by atoms with Crippen molar-refractivity contribution in [2.45, 2.75) is 6.04 Å². The third-order valence-electron chi connectivity index (χ3n) is 3.12. The van der Waals surface area contributed by atoms with Crippen molar-refractivity contribution in [1.82, 2.24) is 10.3 Å². The van der Waals surface area contributed by atoms with Gasteiger partial charge in [0.2, 0.25) is 5.91 Å². The summed E-state index contributed by atoms with van der Waals surface area (Å²) in [4.78, 5) is 16.5. The van der Waals surface area contributed by atoms with Gasteiger partial charge in [0, 0.05) is 22.5 Å². The molecule has 118 valence electrons. The van der Waals surface area contributed by atoms with Gasteiger partial charge >= 0.3 is 0 Å². The van der Waals surface area contributed by atoms with E-state index in [9.17, 15) is 4.79 Å². The Morgan fingerprint density at radius 2 is 2.27 bits per heavy atom. The summed E-state index contributed by atoms with van der Waals surface area (Å²) >= 11 is 7.52. The fourth-order valence-corrected chi connectivity index (χ4v) is 3.00. The molecule has 1 fully saturated rings. The van der Waals surface area contributed by atoms with Gasteiger partial charge in [-0.25, -0.2) is 4.98 Å². The Morgan fingerprint density at radius 3 is 3.00 bits per heavy atom. The fraction of sp³-hybridized carbons (Fsp3) is 0.286. The zero-order valence-electron chi connectivity index (χ0n) is 11.5. The second-order valence-electron chi connectivity index (χ2n) is 4.59. The van der Waals surface area contributed by atoms with Crippen LogP contribution in [-0.4, -0.2) is 36.7 Å². The number of nitrogens with one attached hydrogen (secondary N) is 2. The summed E-state index contributed by atoms with van der Waals surface area (Å²) in [5.41, 5.74) is 1.61. The Kier molecular flexibility index (Phi) is 6.16. The summed E-state index contributed by atoms with van der Waals surface area (Å²) in [6.07, 6.45) is 0. The standard InChI is InChI=1S/C14H14ClN3O2S.ClH/c15-10-4-2-1-3-9(10)12-8-21-14(17-12)18-13(19)11-7-20-6-5-16-11;/h1-4,8,11,16H,5-7H2,(H,17,18,19);1H. The summed E-state index contributed by atoms with van der Waals surface area (Å²) in [6.45, 7) is 1.70. The minimum Gasteiger partial charge on any atom is -0.378 e. The summed E-state index contributed by atoms with van der Waals surface area (Å²) in [6, 6.07) is 7.17. The third-order valence-corrected chi connectivity index (χ3v) is 4.21. The molecule has 8 heteroatoms. The molecule has 0 bridgehead atoms. The van der Waals surface area contributed by atoms with Crippen LogP contribution in [0.1, 0.15) is 0 Å². The van der Waals surface area contributed by atoms with Gasteiger partial charge in [0.25, 0.3) is 0 Å². The maximum absolute atomic E-state index is 12.1. The Labute approximate surface area is 143 Å². The van der Waals surface area contributed by atoms with Crippen LogP contribution in [0.4, 0.5) is 5.13 Å². The molecule has 2 aromatic rings. The predicted octanol–water partition coefficient (Wildman–Crippen LogP) is 2.81. The smallest absolute Gasteiger partial charge is 0.245 e. The van der Waals surface area contributed by atoms with Gasteiger partial charge in [-0.05, 0) is 6.07 Å². The molecule has 2 heterocycles. The van der Waals surface area contributed by atoms with Gasteiger partial charge in [0.1, 0.15) is 6.04 Å². The molecule has 22 heavy (non-hydrogen) atoms. The van der Waals surface area contributed by atoms with Crippen LogP contribution < -0.4 is 10.6 Å². The summed E-state index contributed by atoms with van der Waals surface area (Å²) < 4.78 is 5.27. The molecule has 3 rings (SSSR count). The van der Waals surface area contributed by atoms with Gasteiger partial charge in [-0.1, -0.05) is 29.8 Å². The molecular formula is C14H15Cl2N3O2S. The average Bonchev–Trinajstić information content (AvgIpc) is 2.97. The van der Waals surface area contributed by atoms with E-state index in [1.54, 1.807) is 0 Å². The molecule has 1 aliphatic rings. The Morgan fingerprint density at radius 1 is 1.45 bits per heavy atom. The number of anilines is 1. The molecule has 0 radical (unpaired) electrons. The molecule has 1 atom stereocenters. The minimum atomic E-state index is -0.327. The molecule has 0 aliphatic carbocycles. The molecule has 1 aliphatic heterocycles. The van der Waals surface area contributed by atoms with Gasteiger partial charge in [-0.2, -0.15) is 0 Å². The van der Waals surface area contributed by atoms with E-state index in [0.717, 1.165) is 11.3 Å². The van der Waals surface area contributed by atoms with E-state index in [2.05, 4.69) is 15.6 Å². The first-order valence-corrected chi connectivity index (χ1v) is 7.82. The Bertz CT molecular complexity index is 645. The van der Waals surface area contributed by atoms with E-state index >= 15 is 0 Å². The van der Waals surface area contributed by atoms with Crippen molar-refractivity contribution in [2.24, 2.45) is 0 Å².